The van der Waals surface area contributed by atoms with Crippen LogP contribution in [0.15, 0.2) is 53.5 Å². The molecule has 1 N–H and O–H groups in total. The molecule has 0 aliphatic carbocycles. The van der Waals surface area contributed by atoms with Crippen LogP contribution >= 0.6 is 0 Å². The first-order valence-electron chi connectivity index (χ1n) is 10.3. The number of ether oxygens (including phenoxy) is 1. The van der Waals surface area contributed by atoms with E-state index >= 15 is 0 Å². The van der Waals surface area contributed by atoms with E-state index in [1.807, 2.05) is 60.5 Å². The number of guanidine groups is 1. The van der Waals surface area contributed by atoms with E-state index in [1.54, 1.807) is 4.90 Å². The number of amides is 2. The second kappa shape index (κ2) is 8.98. The summed E-state index contributed by atoms with van der Waals surface area (Å²) in [6.45, 7) is 1.64. The number of nitrogens with one attached hydrogen (secondary N) is 1. The maximum atomic E-state index is 12.3. The van der Waals surface area contributed by atoms with Crippen molar-refractivity contribution in [1.29, 1.82) is 0 Å². The van der Waals surface area contributed by atoms with E-state index in [9.17, 15) is 9.59 Å². The average molecular weight is 406 g/mol. The second-order valence-electron chi connectivity index (χ2n) is 7.58. The first-order valence-corrected chi connectivity index (χ1v) is 10.3. The molecule has 1 saturated heterocycles. The number of carbonyl (C=O) groups is 2. The van der Waals surface area contributed by atoms with Crippen molar-refractivity contribution in [1.82, 2.24) is 10.2 Å². The smallest absolute Gasteiger partial charge is 0.246 e. The maximum absolute atomic E-state index is 12.3. The highest BCUT2D eigenvalue weighted by molar-refractivity contribution is 6.05. The van der Waals surface area contributed by atoms with Gasteiger partial charge in [0.25, 0.3) is 0 Å². The lowest BCUT2D eigenvalue weighted by Gasteiger charge is -2.23. The van der Waals surface area contributed by atoms with E-state index in [4.69, 9.17) is 4.74 Å². The van der Waals surface area contributed by atoms with Crippen LogP contribution in [-0.4, -0.2) is 42.9 Å². The molecule has 4 rings (SSSR count). The molecule has 0 saturated carbocycles. The molecule has 7 heteroatoms. The number of anilines is 1. The van der Waals surface area contributed by atoms with Crippen molar-refractivity contribution in [2.75, 3.05) is 25.1 Å². The molecule has 0 unspecified atom stereocenters. The van der Waals surface area contributed by atoms with Gasteiger partial charge in [-0.3, -0.25) is 14.9 Å². The molecule has 0 aromatic heterocycles. The van der Waals surface area contributed by atoms with Gasteiger partial charge in [0, 0.05) is 31.8 Å². The quantitative estimate of drug-likeness (QED) is 0.683. The summed E-state index contributed by atoms with van der Waals surface area (Å²) in [7, 11) is 1.82. The van der Waals surface area contributed by atoms with Gasteiger partial charge in [0.05, 0.1) is 12.3 Å². The van der Waals surface area contributed by atoms with E-state index < -0.39 is 0 Å². The average Bonchev–Trinajstić information content (AvgIpc) is 3.13. The van der Waals surface area contributed by atoms with Crippen LogP contribution < -0.4 is 15.0 Å². The lowest BCUT2D eigenvalue weighted by Crippen LogP contribution is -2.31. The number of hydrogen-bond acceptors (Lipinski definition) is 5. The molecule has 1 fully saturated rings. The zero-order valence-electron chi connectivity index (χ0n) is 17.1. The van der Waals surface area contributed by atoms with Crippen LogP contribution in [0.2, 0.25) is 0 Å². The topological polar surface area (TPSA) is 74.2 Å². The lowest BCUT2D eigenvalue weighted by atomic mass is 10.1. The Hall–Kier alpha value is -3.35. The summed E-state index contributed by atoms with van der Waals surface area (Å²) in [5.41, 5.74) is 2.85. The van der Waals surface area contributed by atoms with Crippen LogP contribution in [0.1, 0.15) is 31.2 Å². The van der Waals surface area contributed by atoms with Gasteiger partial charge in [-0.05, 0) is 43.0 Å². The van der Waals surface area contributed by atoms with Gasteiger partial charge >= 0.3 is 0 Å². The summed E-state index contributed by atoms with van der Waals surface area (Å²) in [5.74, 6) is 1.50. The zero-order valence-corrected chi connectivity index (χ0v) is 17.1. The molecular formula is C23H26N4O3. The zero-order chi connectivity index (χ0) is 20.9. The van der Waals surface area contributed by atoms with Crippen molar-refractivity contribution >= 4 is 29.1 Å². The third-order valence-corrected chi connectivity index (χ3v) is 5.35. The highest BCUT2D eigenvalue weighted by Gasteiger charge is 2.29. The molecule has 7 nitrogen and oxygen atoms in total. The van der Waals surface area contributed by atoms with E-state index in [0.29, 0.717) is 32.1 Å². The number of hydrogen-bond donors (Lipinski definition) is 1. The van der Waals surface area contributed by atoms with Gasteiger partial charge in [0.15, 0.2) is 0 Å². The van der Waals surface area contributed by atoms with Crippen molar-refractivity contribution in [3.8, 4) is 5.75 Å². The number of benzene rings is 2. The molecule has 0 bridgehead atoms. The second-order valence-corrected chi connectivity index (χ2v) is 7.58. The number of unbranched alkanes of at least 4 members (excludes halogenated alkanes) is 2. The number of fused-ring (bicyclic) bond motifs is 2. The monoisotopic (exact) mass is 406 g/mol. The van der Waals surface area contributed by atoms with Gasteiger partial charge in [0.1, 0.15) is 12.3 Å². The molecule has 0 atom stereocenters. The molecule has 156 valence electrons. The van der Waals surface area contributed by atoms with Crippen molar-refractivity contribution in [2.24, 2.45) is 4.99 Å². The standard InChI is InChI=1S/C23H26N4O3/c1-26(18-8-4-2-5-9-18)22(29)10-6-3-7-13-30-19-12-11-17-15-27-16-21(28)25-23(27)24-20(17)14-19/h2,4-5,8-9,11-12,14H,3,6-7,10,13,15-16H2,1H3,(H,24,25,28). The van der Waals surface area contributed by atoms with Crippen LogP contribution in [0.3, 0.4) is 0 Å². The highest BCUT2D eigenvalue weighted by atomic mass is 16.5. The van der Waals surface area contributed by atoms with E-state index in [0.717, 1.165) is 42.0 Å². The van der Waals surface area contributed by atoms with Gasteiger partial charge in [-0.2, -0.15) is 0 Å². The van der Waals surface area contributed by atoms with Crippen molar-refractivity contribution in [3.63, 3.8) is 0 Å². The lowest BCUT2D eigenvalue weighted by molar-refractivity contribution is -0.119. The predicted molar refractivity (Wildman–Crippen MR) is 116 cm³/mol. The Kier molecular flexibility index (Phi) is 5.97. The Bertz CT molecular complexity index is 958. The molecule has 0 spiro atoms. The van der Waals surface area contributed by atoms with Crippen molar-refractivity contribution in [3.05, 3.63) is 54.1 Å². The Morgan fingerprint density at radius 2 is 1.97 bits per heavy atom. The van der Waals surface area contributed by atoms with Gasteiger partial charge in [-0.25, -0.2) is 4.99 Å². The van der Waals surface area contributed by atoms with E-state index in [2.05, 4.69) is 10.3 Å². The molecule has 2 heterocycles. The van der Waals surface area contributed by atoms with Crippen LogP contribution in [-0.2, 0) is 16.1 Å². The Labute approximate surface area is 176 Å². The SMILES string of the molecule is CN(C(=O)CCCCCOc1ccc2c(c1)N=C1NC(=O)CN1C2)c1ccccc1. The third kappa shape index (κ3) is 4.62. The molecule has 2 aliphatic rings. The van der Waals surface area contributed by atoms with Gasteiger partial charge in [-0.1, -0.05) is 24.3 Å². The van der Waals surface area contributed by atoms with E-state index in [-0.39, 0.29) is 11.8 Å². The number of carbonyl (C=O) groups excluding carboxylic acids is 2. The van der Waals surface area contributed by atoms with Crippen molar-refractivity contribution < 1.29 is 14.3 Å². The summed E-state index contributed by atoms with van der Waals surface area (Å²) in [6, 6.07) is 15.6. The summed E-state index contributed by atoms with van der Waals surface area (Å²) < 4.78 is 5.86. The summed E-state index contributed by atoms with van der Waals surface area (Å²) in [4.78, 5) is 32.0. The highest BCUT2D eigenvalue weighted by Crippen LogP contribution is 2.30. The number of para-hydroxylation sites is 1. The molecule has 0 radical (unpaired) electrons. The Morgan fingerprint density at radius 3 is 2.80 bits per heavy atom. The largest absolute Gasteiger partial charge is 0.494 e. The van der Waals surface area contributed by atoms with Gasteiger partial charge < -0.3 is 14.5 Å². The predicted octanol–water partition coefficient (Wildman–Crippen LogP) is 3.22. The minimum absolute atomic E-state index is 0.0218. The van der Waals surface area contributed by atoms with E-state index in [1.165, 1.54) is 0 Å². The Balaban J connectivity index is 1.19. The fraction of sp³-hybridized carbons (Fsp3) is 0.348. The van der Waals surface area contributed by atoms with Gasteiger partial charge in [0.2, 0.25) is 17.8 Å². The minimum Gasteiger partial charge on any atom is -0.494 e. The number of rotatable bonds is 8. The molecule has 2 aromatic rings. The first kappa shape index (κ1) is 19.9. The third-order valence-electron chi connectivity index (χ3n) is 5.35. The molecule has 30 heavy (non-hydrogen) atoms. The normalized spacial score (nSPS) is 14.5. The van der Waals surface area contributed by atoms with Crippen molar-refractivity contribution in [2.45, 2.75) is 32.2 Å². The minimum atomic E-state index is -0.0218. The number of nitrogens with zero attached hydrogens (tertiary/aromatic N) is 3. The molecular weight excluding hydrogens is 380 g/mol. The van der Waals surface area contributed by atoms with Crippen LogP contribution in [0.25, 0.3) is 0 Å². The molecule has 2 aliphatic heterocycles. The Morgan fingerprint density at radius 1 is 1.13 bits per heavy atom. The van der Waals surface area contributed by atoms with Crippen LogP contribution in [0.4, 0.5) is 11.4 Å². The fourth-order valence-electron chi connectivity index (χ4n) is 3.62. The molecule has 2 aromatic carbocycles. The van der Waals surface area contributed by atoms with Gasteiger partial charge in [-0.15, -0.1) is 0 Å². The summed E-state index contributed by atoms with van der Waals surface area (Å²) in [6.07, 6.45) is 3.19. The summed E-state index contributed by atoms with van der Waals surface area (Å²) >= 11 is 0. The fourth-order valence-corrected chi connectivity index (χ4v) is 3.62. The maximum Gasteiger partial charge on any atom is 0.246 e. The number of aliphatic imine (C=N–C) groups is 1. The first-order chi connectivity index (χ1) is 14.6. The summed E-state index contributed by atoms with van der Waals surface area (Å²) in [5, 5.41) is 2.78. The molecule has 2 amide bonds. The van der Waals surface area contributed by atoms with Crippen LogP contribution in [0, 0.1) is 0 Å². The van der Waals surface area contributed by atoms with Crippen LogP contribution in [0.5, 0.6) is 5.75 Å².